The molecule has 1 atom stereocenters. The minimum Gasteiger partial charge on any atom is -0.378 e. The summed E-state index contributed by atoms with van der Waals surface area (Å²) in [5, 5.41) is 3.49. The molecule has 2 aromatic carbocycles. The fourth-order valence-corrected chi connectivity index (χ4v) is 2.77. The standard InChI is InChI=1S/C16H16BrN3O/c1-9-4-3-5-13(15(9)17)18-10(2)11-6-7-12-14(8-11)20-16(21)19-12/h3-8,10,18H,1-2H3,(H2,19,20,21). The van der Waals surface area contributed by atoms with Crippen LogP contribution in [-0.2, 0) is 0 Å². The van der Waals surface area contributed by atoms with Crippen LogP contribution in [0.3, 0.4) is 0 Å². The van der Waals surface area contributed by atoms with Gasteiger partial charge in [-0.15, -0.1) is 0 Å². The fourth-order valence-electron chi connectivity index (χ4n) is 2.39. The number of anilines is 1. The fraction of sp³-hybridized carbons (Fsp3) is 0.188. The number of aryl methyl sites for hydroxylation is 1. The largest absolute Gasteiger partial charge is 0.378 e. The molecule has 3 N–H and O–H groups in total. The number of benzene rings is 2. The van der Waals surface area contributed by atoms with Crippen molar-refractivity contribution >= 4 is 32.7 Å². The highest BCUT2D eigenvalue weighted by molar-refractivity contribution is 9.10. The molecule has 0 radical (unpaired) electrons. The number of nitrogens with one attached hydrogen (secondary N) is 3. The van der Waals surface area contributed by atoms with E-state index in [2.05, 4.69) is 51.1 Å². The lowest BCUT2D eigenvalue weighted by Gasteiger charge is -2.17. The third-order valence-corrected chi connectivity index (χ3v) is 4.66. The van der Waals surface area contributed by atoms with Crippen molar-refractivity contribution in [1.82, 2.24) is 9.97 Å². The third-order valence-electron chi connectivity index (χ3n) is 3.60. The molecule has 5 heteroatoms. The summed E-state index contributed by atoms with van der Waals surface area (Å²) in [6, 6.07) is 12.2. The number of fused-ring (bicyclic) bond motifs is 1. The maximum atomic E-state index is 11.3. The Morgan fingerprint density at radius 2 is 1.90 bits per heavy atom. The predicted molar refractivity (Wildman–Crippen MR) is 89.8 cm³/mol. The van der Waals surface area contributed by atoms with Gasteiger partial charge in [0.1, 0.15) is 0 Å². The first-order chi connectivity index (χ1) is 10.0. The van der Waals surface area contributed by atoms with Gasteiger partial charge in [0.15, 0.2) is 0 Å². The topological polar surface area (TPSA) is 60.7 Å². The Morgan fingerprint density at radius 1 is 1.14 bits per heavy atom. The van der Waals surface area contributed by atoms with Crippen molar-refractivity contribution in [3.05, 3.63) is 62.5 Å². The van der Waals surface area contributed by atoms with E-state index in [1.807, 2.05) is 30.3 Å². The summed E-state index contributed by atoms with van der Waals surface area (Å²) in [6.07, 6.45) is 0. The molecule has 0 aliphatic heterocycles. The number of hydrogen-bond donors (Lipinski definition) is 3. The number of H-pyrrole nitrogens is 2. The normalized spacial score (nSPS) is 12.5. The van der Waals surface area contributed by atoms with E-state index < -0.39 is 0 Å². The maximum absolute atomic E-state index is 11.3. The van der Waals surface area contributed by atoms with E-state index in [9.17, 15) is 4.79 Å². The first kappa shape index (κ1) is 13.9. The van der Waals surface area contributed by atoms with Gasteiger partial charge < -0.3 is 15.3 Å². The van der Waals surface area contributed by atoms with E-state index in [0.29, 0.717) is 0 Å². The monoisotopic (exact) mass is 345 g/mol. The molecule has 0 bridgehead atoms. The molecular formula is C16H16BrN3O. The molecular weight excluding hydrogens is 330 g/mol. The summed E-state index contributed by atoms with van der Waals surface area (Å²) >= 11 is 3.61. The highest BCUT2D eigenvalue weighted by Gasteiger charge is 2.10. The van der Waals surface area contributed by atoms with Crippen LogP contribution in [0.2, 0.25) is 0 Å². The molecule has 0 aliphatic carbocycles. The zero-order valence-electron chi connectivity index (χ0n) is 11.8. The van der Waals surface area contributed by atoms with Crippen LogP contribution in [-0.4, -0.2) is 9.97 Å². The molecule has 1 heterocycles. The summed E-state index contributed by atoms with van der Waals surface area (Å²) in [5.41, 5.74) is 4.85. The SMILES string of the molecule is Cc1cccc(NC(C)c2ccc3[nH]c(=O)[nH]c3c2)c1Br. The van der Waals surface area contributed by atoms with E-state index in [-0.39, 0.29) is 11.7 Å². The molecule has 3 aromatic rings. The van der Waals surface area contributed by atoms with E-state index in [4.69, 9.17) is 0 Å². The Balaban J connectivity index is 1.91. The Kier molecular flexibility index (Phi) is 3.59. The Bertz CT molecular complexity index is 850. The Labute approximate surface area is 130 Å². The van der Waals surface area contributed by atoms with Gasteiger partial charge in [-0.25, -0.2) is 4.79 Å². The molecule has 1 unspecified atom stereocenters. The van der Waals surface area contributed by atoms with Crippen molar-refractivity contribution in [2.45, 2.75) is 19.9 Å². The maximum Gasteiger partial charge on any atom is 0.323 e. The van der Waals surface area contributed by atoms with Crippen LogP contribution in [0.4, 0.5) is 5.69 Å². The van der Waals surface area contributed by atoms with E-state index in [0.717, 1.165) is 26.8 Å². The quantitative estimate of drug-likeness (QED) is 0.669. The second-order valence-corrected chi connectivity index (χ2v) is 5.98. The van der Waals surface area contributed by atoms with Gasteiger partial charge >= 0.3 is 5.69 Å². The Morgan fingerprint density at radius 3 is 2.71 bits per heavy atom. The summed E-state index contributed by atoms with van der Waals surface area (Å²) in [6.45, 7) is 4.16. The number of halogens is 1. The predicted octanol–water partition coefficient (Wildman–Crippen LogP) is 4.10. The van der Waals surface area contributed by atoms with Crippen LogP contribution in [0.25, 0.3) is 11.0 Å². The van der Waals surface area contributed by atoms with Gasteiger partial charge in [0.25, 0.3) is 0 Å². The smallest absolute Gasteiger partial charge is 0.323 e. The lowest BCUT2D eigenvalue weighted by Crippen LogP contribution is -2.07. The minimum absolute atomic E-state index is 0.130. The minimum atomic E-state index is -0.177. The molecule has 0 aliphatic rings. The van der Waals surface area contributed by atoms with Crippen molar-refractivity contribution in [3.8, 4) is 0 Å². The van der Waals surface area contributed by atoms with Crippen molar-refractivity contribution < 1.29 is 0 Å². The van der Waals surface area contributed by atoms with Crippen LogP contribution in [0.1, 0.15) is 24.1 Å². The Hall–Kier alpha value is -2.01. The lowest BCUT2D eigenvalue weighted by atomic mass is 10.1. The average Bonchev–Trinajstić information content (AvgIpc) is 2.82. The van der Waals surface area contributed by atoms with Crippen molar-refractivity contribution in [1.29, 1.82) is 0 Å². The highest BCUT2D eigenvalue weighted by atomic mass is 79.9. The van der Waals surface area contributed by atoms with Crippen LogP contribution in [0, 0.1) is 6.92 Å². The molecule has 1 aromatic heterocycles. The van der Waals surface area contributed by atoms with Crippen molar-refractivity contribution in [3.63, 3.8) is 0 Å². The second-order valence-electron chi connectivity index (χ2n) is 5.19. The van der Waals surface area contributed by atoms with Gasteiger partial charge in [-0.05, 0) is 59.1 Å². The van der Waals surface area contributed by atoms with Crippen LogP contribution < -0.4 is 11.0 Å². The second kappa shape index (κ2) is 5.41. The van der Waals surface area contributed by atoms with Gasteiger partial charge in [-0.3, -0.25) is 0 Å². The number of hydrogen-bond acceptors (Lipinski definition) is 2. The summed E-state index contributed by atoms with van der Waals surface area (Å²) in [4.78, 5) is 16.9. The molecule has 0 saturated carbocycles. The summed E-state index contributed by atoms with van der Waals surface area (Å²) in [5.74, 6) is 0. The zero-order chi connectivity index (χ0) is 15.0. The lowest BCUT2D eigenvalue weighted by molar-refractivity contribution is 0.885. The van der Waals surface area contributed by atoms with E-state index in [1.54, 1.807) is 0 Å². The molecule has 4 nitrogen and oxygen atoms in total. The van der Waals surface area contributed by atoms with Crippen LogP contribution in [0.15, 0.2) is 45.7 Å². The van der Waals surface area contributed by atoms with Crippen LogP contribution >= 0.6 is 15.9 Å². The van der Waals surface area contributed by atoms with Crippen molar-refractivity contribution in [2.75, 3.05) is 5.32 Å². The van der Waals surface area contributed by atoms with E-state index in [1.165, 1.54) is 5.56 Å². The number of aromatic nitrogens is 2. The number of aromatic amines is 2. The van der Waals surface area contributed by atoms with Crippen LogP contribution in [0.5, 0.6) is 0 Å². The molecule has 0 spiro atoms. The zero-order valence-corrected chi connectivity index (χ0v) is 13.4. The molecule has 0 fully saturated rings. The summed E-state index contributed by atoms with van der Waals surface area (Å²) in [7, 11) is 0. The van der Waals surface area contributed by atoms with Gasteiger partial charge in [-0.1, -0.05) is 18.2 Å². The van der Waals surface area contributed by atoms with Gasteiger partial charge in [0, 0.05) is 16.2 Å². The molecule has 3 rings (SSSR count). The molecule has 0 amide bonds. The van der Waals surface area contributed by atoms with Crippen molar-refractivity contribution in [2.24, 2.45) is 0 Å². The van der Waals surface area contributed by atoms with E-state index >= 15 is 0 Å². The third kappa shape index (κ3) is 2.74. The van der Waals surface area contributed by atoms with Gasteiger partial charge in [0.2, 0.25) is 0 Å². The average molecular weight is 346 g/mol. The molecule has 21 heavy (non-hydrogen) atoms. The van der Waals surface area contributed by atoms with Gasteiger partial charge in [0.05, 0.1) is 11.0 Å². The molecule has 108 valence electrons. The summed E-state index contributed by atoms with van der Waals surface area (Å²) < 4.78 is 1.08. The number of rotatable bonds is 3. The first-order valence-electron chi connectivity index (χ1n) is 6.78. The highest BCUT2D eigenvalue weighted by Crippen LogP contribution is 2.29. The number of imidazole rings is 1. The van der Waals surface area contributed by atoms with Gasteiger partial charge in [-0.2, -0.15) is 0 Å². The molecule has 0 saturated heterocycles. The first-order valence-corrected chi connectivity index (χ1v) is 7.57.